The molecule has 0 aromatic carbocycles. The van der Waals surface area contributed by atoms with E-state index in [1.165, 1.54) is 0 Å². The highest BCUT2D eigenvalue weighted by molar-refractivity contribution is 5.73. The summed E-state index contributed by atoms with van der Waals surface area (Å²) in [5, 5.41) is 19.5. The molecule has 2 amide bonds. The van der Waals surface area contributed by atoms with Gasteiger partial charge in [-0.1, -0.05) is 5.21 Å². The molecule has 9 heteroatoms. The molecule has 0 atom stereocenters. The van der Waals surface area contributed by atoms with Crippen LogP contribution in [-0.2, 0) is 6.54 Å². The molecule has 9 nitrogen and oxygen atoms in total. The molecule has 0 unspecified atom stereocenters. The highest BCUT2D eigenvalue weighted by Crippen LogP contribution is 1.84. The molecule has 15 heavy (non-hydrogen) atoms. The molecule has 1 heterocycles. The lowest BCUT2D eigenvalue weighted by Gasteiger charge is -2.16. The molecule has 0 spiro atoms. The van der Waals surface area contributed by atoms with Gasteiger partial charge in [0.2, 0.25) is 0 Å². The van der Waals surface area contributed by atoms with Crippen LogP contribution in [0.2, 0.25) is 0 Å². The Kier molecular flexibility index (Phi) is 4.44. The maximum absolute atomic E-state index is 11.3. The predicted octanol–water partition coefficient (Wildman–Crippen LogP) is -2.20. The number of nitrogens with zero attached hydrogens (tertiary/aromatic N) is 4. The zero-order valence-electron chi connectivity index (χ0n) is 8.40. The number of hydrogen-bond donors (Lipinski definition) is 4. The number of H-pyrrole nitrogens is 1. The van der Waals surface area contributed by atoms with Crippen LogP contribution in [0.15, 0.2) is 0 Å². The summed E-state index contributed by atoms with van der Waals surface area (Å²) in [6.45, 7) is 1.25. The fraction of sp³-hybridized carbons (Fsp3) is 0.667. The number of carbonyl (C=O) groups excluding carboxylic acids is 1. The van der Waals surface area contributed by atoms with E-state index >= 15 is 0 Å². The second-order valence-corrected chi connectivity index (χ2v) is 2.78. The van der Waals surface area contributed by atoms with Gasteiger partial charge in [0.05, 0.1) is 13.1 Å². The first-order valence-electron chi connectivity index (χ1n) is 4.41. The van der Waals surface area contributed by atoms with Crippen molar-refractivity contribution in [2.75, 3.05) is 20.1 Å². The first-order valence-corrected chi connectivity index (χ1v) is 4.41. The van der Waals surface area contributed by atoms with Crippen LogP contribution in [0.5, 0.6) is 0 Å². The molecule has 0 aliphatic rings. The van der Waals surface area contributed by atoms with Gasteiger partial charge in [0.25, 0.3) is 0 Å². The van der Waals surface area contributed by atoms with Crippen molar-refractivity contribution in [3.05, 3.63) is 5.82 Å². The smallest absolute Gasteiger partial charge is 0.329 e. The Labute approximate surface area is 86.4 Å². The summed E-state index contributed by atoms with van der Waals surface area (Å²) in [5.74, 6) is 5.87. The Morgan fingerprint density at radius 3 is 3.07 bits per heavy atom. The molecule has 0 fully saturated rings. The maximum atomic E-state index is 11.3. The molecule has 5 N–H and O–H groups in total. The summed E-state index contributed by atoms with van der Waals surface area (Å²) in [6.07, 6.45) is 0. The Morgan fingerprint density at radius 2 is 2.47 bits per heavy atom. The van der Waals surface area contributed by atoms with Gasteiger partial charge in [-0.3, -0.25) is 5.01 Å². The van der Waals surface area contributed by atoms with Crippen LogP contribution in [0, 0.1) is 0 Å². The SMILES string of the molecule is CNCCN(N)C(=O)NCc1nn[nH]n1. The van der Waals surface area contributed by atoms with Gasteiger partial charge in [-0.15, -0.1) is 10.2 Å². The number of nitrogens with one attached hydrogen (secondary N) is 3. The minimum absolute atomic E-state index is 0.197. The molecule has 0 bridgehead atoms. The fourth-order valence-electron chi connectivity index (χ4n) is 0.847. The minimum atomic E-state index is -0.380. The van der Waals surface area contributed by atoms with Gasteiger partial charge < -0.3 is 10.6 Å². The Balaban J connectivity index is 2.23. The molecular formula is C6H14N8O. The molecule has 0 saturated carbocycles. The Hall–Kier alpha value is -1.74. The van der Waals surface area contributed by atoms with Crippen molar-refractivity contribution in [1.29, 1.82) is 0 Å². The Bertz CT molecular complexity index is 285. The Morgan fingerprint density at radius 1 is 1.67 bits per heavy atom. The summed E-state index contributed by atoms with van der Waals surface area (Å²) in [6, 6.07) is -0.380. The van der Waals surface area contributed by atoms with Crippen LogP contribution in [0.25, 0.3) is 0 Å². The van der Waals surface area contributed by atoms with Crippen molar-refractivity contribution in [2.45, 2.75) is 6.54 Å². The van der Waals surface area contributed by atoms with Crippen molar-refractivity contribution in [1.82, 2.24) is 36.3 Å². The highest BCUT2D eigenvalue weighted by Gasteiger charge is 2.08. The zero-order chi connectivity index (χ0) is 11.1. The monoisotopic (exact) mass is 214 g/mol. The molecule has 84 valence electrons. The van der Waals surface area contributed by atoms with E-state index < -0.39 is 0 Å². The van der Waals surface area contributed by atoms with Crippen LogP contribution in [0.1, 0.15) is 5.82 Å². The highest BCUT2D eigenvalue weighted by atomic mass is 16.2. The number of rotatable bonds is 5. The summed E-state index contributed by atoms with van der Waals surface area (Å²) < 4.78 is 0. The van der Waals surface area contributed by atoms with Crippen LogP contribution in [0.3, 0.4) is 0 Å². The number of tetrazole rings is 1. The van der Waals surface area contributed by atoms with Gasteiger partial charge >= 0.3 is 6.03 Å². The topological polar surface area (TPSA) is 125 Å². The van der Waals surface area contributed by atoms with E-state index in [4.69, 9.17) is 5.84 Å². The first-order chi connectivity index (χ1) is 7.24. The van der Waals surface area contributed by atoms with Crippen molar-refractivity contribution in [3.8, 4) is 0 Å². The molecule has 0 aliphatic carbocycles. The lowest BCUT2D eigenvalue weighted by atomic mass is 10.5. The van der Waals surface area contributed by atoms with E-state index in [1.54, 1.807) is 7.05 Å². The summed E-state index contributed by atoms with van der Waals surface area (Å²) in [5.41, 5.74) is 0. The third-order valence-corrected chi connectivity index (χ3v) is 1.65. The van der Waals surface area contributed by atoms with Crippen molar-refractivity contribution >= 4 is 6.03 Å². The maximum Gasteiger partial charge on any atom is 0.331 e. The summed E-state index contributed by atoms with van der Waals surface area (Å²) in [4.78, 5) is 11.3. The van der Waals surface area contributed by atoms with Crippen LogP contribution >= 0.6 is 0 Å². The van der Waals surface area contributed by atoms with Crippen molar-refractivity contribution in [2.24, 2.45) is 5.84 Å². The number of nitrogens with two attached hydrogens (primary N) is 1. The molecular weight excluding hydrogens is 200 g/mol. The molecule has 1 aromatic heterocycles. The van der Waals surface area contributed by atoms with E-state index in [1.807, 2.05) is 0 Å². The molecule has 1 aromatic rings. The standard InChI is InChI=1S/C6H14N8O/c1-8-2-3-14(7)6(15)9-4-5-10-12-13-11-5/h8H,2-4,7H2,1H3,(H,9,15)(H,10,11,12,13). The summed E-state index contributed by atoms with van der Waals surface area (Å²) in [7, 11) is 1.78. The van der Waals surface area contributed by atoms with E-state index in [-0.39, 0.29) is 12.6 Å². The lowest BCUT2D eigenvalue weighted by Crippen LogP contribution is -2.47. The number of amides is 2. The van der Waals surface area contributed by atoms with Crippen molar-refractivity contribution in [3.63, 3.8) is 0 Å². The van der Waals surface area contributed by atoms with Gasteiger partial charge in [-0.25, -0.2) is 10.6 Å². The fourth-order valence-corrected chi connectivity index (χ4v) is 0.847. The number of aromatic nitrogens is 4. The predicted molar refractivity (Wildman–Crippen MR) is 51.2 cm³/mol. The average molecular weight is 214 g/mol. The normalized spacial score (nSPS) is 10.0. The van der Waals surface area contributed by atoms with E-state index in [0.717, 1.165) is 5.01 Å². The number of likely N-dealkylation sites (N-methyl/N-ethyl adjacent to an activating group) is 1. The van der Waals surface area contributed by atoms with Gasteiger partial charge in [-0.2, -0.15) is 5.21 Å². The van der Waals surface area contributed by atoms with Crippen molar-refractivity contribution < 1.29 is 4.79 Å². The van der Waals surface area contributed by atoms with E-state index in [9.17, 15) is 4.79 Å². The summed E-state index contributed by atoms with van der Waals surface area (Å²) >= 11 is 0. The third kappa shape index (κ3) is 3.87. The van der Waals surface area contributed by atoms with E-state index in [0.29, 0.717) is 18.9 Å². The lowest BCUT2D eigenvalue weighted by molar-refractivity contribution is 0.198. The van der Waals surface area contributed by atoms with Gasteiger partial charge in [0, 0.05) is 6.54 Å². The first kappa shape index (κ1) is 11.3. The van der Waals surface area contributed by atoms with Gasteiger partial charge in [0.15, 0.2) is 5.82 Å². The van der Waals surface area contributed by atoms with E-state index in [2.05, 4.69) is 31.3 Å². The quantitative estimate of drug-likeness (QED) is 0.250. The number of hydrazine groups is 1. The zero-order valence-corrected chi connectivity index (χ0v) is 8.40. The molecule has 0 radical (unpaired) electrons. The average Bonchev–Trinajstić information content (AvgIpc) is 2.75. The van der Waals surface area contributed by atoms with Gasteiger partial charge in [-0.05, 0) is 7.05 Å². The molecule has 1 rings (SSSR count). The number of carbonyl (C=O) groups is 1. The second-order valence-electron chi connectivity index (χ2n) is 2.78. The number of hydrogen-bond acceptors (Lipinski definition) is 6. The largest absolute Gasteiger partial charge is 0.331 e. The van der Waals surface area contributed by atoms with Crippen LogP contribution in [0.4, 0.5) is 4.79 Å². The third-order valence-electron chi connectivity index (χ3n) is 1.65. The van der Waals surface area contributed by atoms with Crippen LogP contribution in [-0.4, -0.2) is 51.8 Å². The minimum Gasteiger partial charge on any atom is -0.329 e. The number of urea groups is 1. The molecule has 0 saturated heterocycles. The van der Waals surface area contributed by atoms with Crippen LogP contribution < -0.4 is 16.5 Å². The van der Waals surface area contributed by atoms with Gasteiger partial charge in [0.1, 0.15) is 0 Å². The molecule has 0 aliphatic heterocycles. The second kappa shape index (κ2) is 5.88. The number of aromatic amines is 1.